The van der Waals surface area contributed by atoms with Crippen molar-refractivity contribution < 1.29 is 14.3 Å². The fraction of sp³-hybridized carbons (Fsp3) is 0.538. The molecule has 3 nitrogen and oxygen atoms in total. The molecule has 1 radical (unpaired) electrons. The summed E-state index contributed by atoms with van der Waals surface area (Å²) < 4.78 is 11.5. The summed E-state index contributed by atoms with van der Waals surface area (Å²) in [6.07, 6.45) is 0.670. The predicted octanol–water partition coefficient (Wildman–Crippen LogP) is 2.40. The third-order valence-corrected chi connectivity index (χ3v) is 4.70. The molecule has 1 unspecified atom stereocenters. The molecule has 1 atom stereocenters. The molecule has 1 aromatic carbocycles. The molecule has 0 heterocycles. The molecule has 1 aromatic rings. The molecular formula is C13H21O3Si. The van der Waals surface area contributed by atoms with E-state index in [2.05, 4.69) is 6.92 Å². The van der Waals surface area contributed by atoms with E-state index in [-0.39, 0.29) is 6.29 Å². The molecule has 95 valence electrons. The molecule has 4 heteroatoms. The average molecular weight is 253 g/mol. The topological polar surface area (TPSA) is 38.7 Å². The molecule has 0 aliphatic heterocycles. The van der Waals surface area contributed by atoms with E-state index in [0.717, 1.165) is 17.7 Å². The summed E-state index contributed by atoms with van der Waals surface area (Å²) in [6, 6.07) is 8.31. The number of hydrogen-bond donors (Lipinski definition) is 1. The molecule has 0 spiro atoms. The summed E-state index contributed by atoms with van der Waals surface area (Å²) in [5.41, 5.74) is 0. The van der Waals surface area contributed by atoms with Gasteiger partial charge in [0.2, 0.25) is 0 Å². The molecule has 0 fully saturated rings. The lowest BCUT2D eigenvalue weighted by Crippen LogP contribution is -2.37. The van der Waals surface area contributed by atoms with Gasteiger partial charge in [-0.2, -0.15) is 0 Å². The monoisotopic (exact) mass is 253 g/mol. The van der Waals surface area contributed by atoms with Gasteiger partial charge in [-0.25, -0.2) is 0 Å². The summed E-state index contributed by atoms with van der Waals surface area (Å²) in [6.45, 7) is 6.74. The summed E-state index contributed by atoms with van der Waals surface area (Å²) in [7, 11) is -1.20. The van der Waals surface area contributed by atoms with Crippen molar-refractivity contribution in [2.24, 2.45) is 0 Å². The number of benzene rings is 1. The molecular weight excluding hydrogens is 232 g/mol. The van der Waals surface area contributed by atoms with Crippen LogP contribution < -0.4 is 5.19 Å². The minimum Gasteiger partial charge on any atom is -0.508 e. The Morgan fingerprint density at radius 3 is 2.47 bits per heavy atom. The first-order valence-electron chi connectivity index (χ1n) is 6.15. The van der Waals surface area contributed by atoms with Gasteiger partial charge in [0.05, 0.1) is 0 Å². The Hall–Kier alpha value is -0.843. The molecule has 17 heavy (non-hydrogen) atoms. The Bertz CT molecular complexity index is 330. The van der Waals surface area contributed by atoms with Crippen LogP contribution in [0.25, 0.3) is 0 Å². The largest absolute Gasteiger partial charge is 0.508 e. The van der Waals surface area contributed by atoms with Crippen LogP contribution in [0, 0.1) is 0 Å². The number of hydrogen-bond acceptors (Lipinski definition) is 3. The Morgan fingerprint density at radius 1 is 1.24 bits per heavy atom. The van der Waals surface area contributed by atoms with E-state index in [9.17, 15) is 5.11 Å². The highest BCUT2D eigenvalue weighted by atomic mass is 28.3. The van der Waals surface area contributed by atoms with Gasteiger partial charge in [-0.05, 0) is 25.5 Å². The van der Waals surface area contributed by atoms with E-state index in [1.165, 1.54) is 0 Å². The SMILES string of the molecule is CCOC(CC)O[Si](CC)c1ccccc1O. The Morgan fingerprint density at radius 2 is 1.94 bits per heavy atom. The predicted molar refractivity (Wildman–Crippen MR) is 70.8 cm³/mol. The molecule has 0 saturated heterocycles. The molecule has 0 saturated carbocycles. The van der Waals surface area contributed by atoms with E-state index in [1.54, 1.807) is 6.07 Å². The first-order chi connectivity index (χ1) is 8.22. The van der Waals surface area contributed by atoms with Gasteiger partial charge in [0.1, 0.15) is 12.0 Å². The van der Waals surface area contributed by atoms with Gasteiger partial charge in [0.25, 0.3) is 9.04 Å². The van der Waals surface area contributed by atoms with Crippen LogP contribution >= 0.6 is 0 Å². The van der Waals surface area contributed by atoms with Gasteiger partial charge in [-0.15, -0.1) is 0 Å². The van der Waals surface area contributed by atoms with Crippen LogP contribution in [0.3, 0.4) is 0 Å². The van der Waals surface area contributed by atoms with E-state index < -0.39 is 9.04 Å². The smallest absolute Gasteiger partial charge is 0.253 e. The zero-order chi connectivity index (χ0) is 12.7. The van der Waals surface area contributed by atoms with E-state index in [0.29, 0.717) is 12.4 Å². The number of para-hydroxylation sites is 1. The number of aromatic hydroxyl groups is 1. The third kappa shape index (κ3) is 4.15. The van der Waals surface area contributed by atoms with Gasteiger partial charge in [0, 0.05) is 11.8 Å². The summed E-state index contributed by atoms with van der Waals surface area (Å²) in [4.78, 5) is 0. The van der Waals surface area contributed by atoms with Crippen molar-refractivity contribution in [2.75, 3.05) is 6.61 Å². The van der Waals surface area contributed by atoms with E-state index in [4.69, 9.17) is 9.16 Å². The Labute approximate surface area is 105 Å². The van der Waals surface area contributed by atoms with Crippen molar-refractivity contribution in [1.82, 2.24) is 0 Å². The Balaban J connectivity index is 2.74. The van der Waals surface area contributed by atoms with Gasteiger partial charge < -0.3 is 14.3 Å². The lowest BCUT2D eigenvalue weighted by atomic mass is 10.3. The van der Waals surface area contributed by atoms with Crippen LogP contribution in [0.1, 0.15) is 27.2 Å². The van der Waals surface area contributed by atoms with Crippen molar-refractivity contribution >= 4 is 14.2 Å². The maximum atomic E-state index is 9.83. The zero-order valence-corrected chi connectivity index (χ0v) is 11.8. The maximum Gasteiger partial charge on any atom is 0.253 e. The zero-order valence-electron chi connectivity index (χ0n) is 10.8. The number of ether oxygens (including phenoxy) is 1. The van der Waals surface area contributed by atoms with Crippen LogP contribution in [0.2, 0.25) is 6.04 Å². The molecule has 0 aromatic heterocycles. The van der Waals surface area contributed by atoms with Gasteiger partial charge in [-0.3, -0.25) is 0 Å². The van der Waals surface area contributed by atoms with Crippen LogP contribution in [0.15, 0.2) is 24.3 Å². The minimum atomic E-state index is -1.20. The molecule has 1 N–H and O–H groups in total. The quantitative estimate of drug-likeness (QED) is 0.599. The standard InChI is InChI=1S/C13H21O3Si/c1-4-13(15-5-2)16-17(6-3)12-10-8-7-9-11(12)14/h7-10,13-14H,4-6H2,1-3H3. The second kappa shape index (κ2) is 7.48. The second-order valence-corrected chi connectivity index (χ2v) is 6.03. The number of phenols is 1. The van der Waals surface area contributed by atoms with E-state index in [1.807, 2.05) is 32.0 Å². The summed E-state index contributed by atoms with van der Waals surface area (Å²) in [5.74, 6) is 0.328. The van der Waals surface area contributed by atoms with Crippen molar-refractivity contribution in [2.45, 2.75) is 39.5 Å². The van der Waals surface area contributed by atoms with Gasteiger partial charge >= 0.3 is 0 Å². The second-order valence-electron chi connectivity index (χ2n) is 3.70. The highest BCUT2D eigenvalue weighted by molar-refractivity contribution is 6.68. The van der Waals surface area contributed by atoms with Gasteiger partial charge in [-0.1, -0.05) is 32.0 Å². The van der Waals surface area contributed by atoms with Crippen LogP contribution in [-0.2, 0) is 9.16 Å². The summed E-state index contributed by atoms with van der Waals surface area (Å²) >= 11 is 0. The van der Waals surface area contributed by atoms with Crippen molar-refractivity contribution in [3.8, 4) is 5.75 Å². The van der Waals surface area contributed by atoms with Gasteiger partial charge in [0.15, 0.2) is 0 Å². The minimum absolute atomic E-state index is 0.159. The lowest BCUT2D eigenvalue weighted by Gasteiger charge is -2.22. The highest BCUT2D eigenvalue weighted by Crippen LogP contribution is 2.11. The highest BCUT2D eigenvalue weighted by Gasteiger charge is 2.21. The van der Waals surface area contributed by atoms with Crippen molar-refractivity contribution in [3.05, 3.63) is 24.3 Å². The fourth-order valence-corrected chi connectivity index (χ4v) is 3.50. The lowest BCUT2D eigenvalue weighted by molar-refractivity contribution is -0.0783. The van der Waals surface area contributed by atoms with Crippen molar-refractivity contribution in [1.29, 1.82) is 0 Å². The van der Waals surface area contributed by atoms with Crippen LogP contribution in [0.4, 0.5) is 0 Å². The fourth-order valence-electron chi connectivity index (χ4n) is 1.63. The van der Waals surface area contributed by atoms with E-state index >= 15 is 0 Å². The molecule has 0 bridgehead atoms. The Kier molecular flexibility index (Phi) is 6.25. The molecule has 0 aliphatic carbocycles. The number of rotatable bonds is 7. The maximum absolute atomic E-state index is 9.83. The summed E-state index contributed by atoms with van der Waals surface area (Å²) in [5, 5.41) is 10.8. The first-order valence-corrected chi connectivity index (χ1v) is 7.76. The third-order valence-electron chi connectivity index (χ3n) is 2.49. The molecule has 1 rings (SSSR count). The number of phenolic OH excluding ortho intramolecular Hbond substituents is 1. The van der Waals surface area contributed by atoms with Crippen LogP contribution in [-0.4, -0.2) is 27.0 Å². The molecule has 0 aliphatic rings. The van der Waals surface area contributed by atoms with Crippen molar-refractivity contribution in [3.63, 3.8) is 0 Å². The molecule has 0 amide bonds. The normalized spacial score (nSPS) is 12.9. The average Bonchev–Trinajstić information content (AvgIpc) is 2.35. The van der Waals surface area contributed by atoms with Crippen LogP contribution in [0.5, 0.6) is 5.75 Å². The first kappa shape index (κ1) is 14.2.